The number of aryl methyl sites for hydroxylation is 1. The van der Waals surface area contributed by atoms with Gasteiger partial charge < -0.3 is 15.0 Å². The number of ether oxygens (including phenoxy) is 1. The van der Waals surface area contributed by atoms with Gasteiger partial charge in [-0.2, -0.15) is 0 Å². The maximum Gasteiger partial charge on any atom is 0.251 e. The third kappa shape index (κ3) is 6.54. The number of benzene rings is 2. The van der Waals surface area contributed by atoms with E-state index in [-0.39, 0.29) is 11.7 Å². The molecule has 2 atom stereocenters. The lowest BCUT2D eigenvalue weighted by Crippen LogP contribution is -2.31. The predicted octanol–water partition coefficient (Wildman–Crippen LogP) is 5.65. The number of fused-ring (bicyclic) bond motifs is 1. The third-order valence-electron chi connectivity index (χ3n) is 5.72. The fourth-order valence-corrected chi connectivity index (χ4v) is 4.10. The Balaban J connectivity index is 0.000000225. The number of imidazole rings is 1. The SMILES string of the molecule is CCOc1ccc(C(=O)NCC2CCCC(C)C2)cc1C.Fc1ccc2nc[nH]c2c1. The van der Waals surface area contributed by atoms with E-state index in [0.29, 0.717) is 12.5 Å². The Labute approximate surface area is 183 Å². The van der Waals surface area contributed by atoms with Gasteiger partial charge in [-0.3, -0.25) is 4.79 Å². The first-order valence-electron chi connectivity index (χ1n) is 11.1. The van der Waals surface area contributed by atoms with Crippen LogP contribution in [0.15, 0.2) is 42.7 Å². The molecule has 0 aliphatic heterocycles. The smallest absolute Gasteiger partial charge is 0.251 e. The van der Waals surface area contributed by atoms with Crippen molar-refractivity contribution in [3.8, 4) is 5.75 Å². The number of nitrogens with zero attached hydrogens (tertiary/aromatic N) is 1. The molecule has 1 amide bonds. The summed E-state index contributed by atoms with van der Waals surface area (Å²) in [6.45, 7) is 7.70. The number of rotatable bonds is 5. The zero-order valence-corrected chi connectivity index (χ0v) is 18.6. The maximum atomic E-state index is 12.5. The summed E-state index contributed by atoms with van der Waals surface area (Å²) in [7, 11) is 0. The Kier molecular flexibility index (Phi) is 8.04. The number of nitrogens with one attached hydrogen (secondary N) is 2. The van der Waals surface area contributed by atoms with Crippen LogP contribution in [0.2, 0.25) is 0 Å². The molecule has 5 nitrogen and oxygen atoms in total. The molecule has 0 radical (unpaired) electrons. The van der Waals surface area contributed by atoms with Crippen molar-refractivity contribution in [1.29, 1.82) is 0 Å². The van der Waals surface area contributed by atoms with Gasteiger partial charge in [-0.25, -0.2) is 9.37 Å². The Morgan fingerprint density at radius 3 is 2.84 bits per heavy atom. The van der Waals surface area contributed by atoms with E-state index in [1.54, 1.807) is 12.4 Å². The van der Waals surface area contributed by atoms with Gasteiger partial charge in [0.15, 0.2) is 0 Å². The van der Waals surface area contributed by atoms with Crippen molar-refractivity contribution in [3.63, 3.8) is 0 Å². The zero-order chi connectivity index (χ0) is 22.2. The highest BCUT2D eigenvalue weighted by atomic mass is 19.1. The minimum absolute atomic E-state index is 0.0272. The third-order valence-corrected chi connectivity index (χ3v) is 5.72. The molecule has 1 aromatic heterocycles. The summed E-state index contributed by atoms with van der Waals surface area (Å²) in [5.41, 5.74) is 3.26. The van der Waals surface area contributed by atoms with Gasteiger partial charge in [0.2, 0.25) is 0 Å². The highest BCUT2D eigenvalue weighted by Gasteiger charge is 2.19. The standard InChI is InChI=1S/C18H27NO2.C7H5FN2/c1-4-21-17-9-8-16(11-14(17)3)18(20)19-12-15-7-5-6-13(2)10-15;8-5-1-2-6-7(3-5)10-4-9-6/h8-9,11,13,15H,4-7,10,12H2,1-3H3,(H,19,20);1-4H,(H,9,10). The largest absolute Gasteiger partial charge is 0.494 e. The summed E-state index contributed by atoms with van der Waals surface area (Å²) in [6, 6.07) is 10.1. The molecule has 1 heterocycles. The van der Waals surface area contributed by atoms with E-state index >= 15 is 0 Å². The van der Waals surface area contributed by atoms with Crippen LogP contribution >= 0.6 is 0 Å². The summed E-state index contributed by atoms with van der Waals surface area (Å²) < 4.78 is 18.0. The molecule has 3 aromatic rings. The predicted molar refractivity (Wildman–Crippen MR) is 122 cm³/mol. The number of carbonyl (C=O) groups excluding carboxylic acids is 1. The zero-order valence-electron chi connectivity index (χ0n) is 18.6. The molecule has 166 valence electrons. The van der Waals surface area contributed by atoms with Crippen LogP contribution in [0, 0.1) is 24.6 Å². The van der Waals surface area contributed by atoms with Gasteiger partial charge in [-0.15, -0.1) is 0 Å². The van der Waals surface area contributed by atoms with Crippen LogP contribution in [0.3, 0.4) is 0 Å². The highest BCUT2D eigenvalue weighted by molar-refractivity contribution is 5.94. The van der Waals surface area contributed by atoms with Crippen LogP contribution in [0.25, 0.3) is 11.0 Å². The quantitative estimate of drug-likeness (QED) is 0.555. The van der Waals surface area contributed by atoms with Crippen LogP contribution in [-0.4, -0.2) is 29.0 Å². The number of carbonyl (C=O) groups is 1. The lowest BCUT2D eigenvalue weighted by molar-refractivity contribution is 0.0940. The van der Waals surface area contributed by atoms with Crippen molar-refractivity contribution in [2.75, 3.05) is 13.2 Å². The number of aromatic nitrogens is 2. The second-order valence-corrected chi connectivity index (χ2v) is 8.33. The minimum atomic E-state index is -0.239. The molecule has 1 aliphatic rings. The average molecular weight is 426 g/mol. The number of H-pyrrole nitrogens is 1. The molecule has 1 saturated carbocycles. The Morgan fingerprint density at radius 2 is 2.10 bits per heavy atom. The molecule has 6 heteroatoms. The first kappa shape index (κ1) is 22.8. The van der Waals surface area contributed by atoms with Gasteiger partial charge in [0.05, 0.1) is 24.0 Å². The molecular weight excluding hydrogens is 393 g/mol. The molecular formula is C25H32FN3O2. The number of halogens is 1. The molecule has 0 saturated heterocycles. The van der Waals surface area contributed by atoms with E-state index in [0.717, 1.165) is 40.4 Å². The summed E-state index contributed by atoms with van der Waals surface area (Å²) in [5.74, 6) is 2.08. The topological polar surface area (TPSA) is 67.0 Å². The molecule has 31 heavy (non-hydrogen) atoms. The van der Waals surface area contributed by atoms with E-state index in [1.807, 2.05) is 32.0 Å². The number of aromatic amines is 1. The molecule has 2 unspecified atom stereocenters. The summed E-state index contributed by atoms with van der Waals surface area (Å²) in [4.78, 5) is 19.0. The molecule has 2 N–H and O–H groups in total. The van der Waals surface area contributed by atoms with Gasteiger partial charge in [-0.1, -0.05) is 19.8 Å². The van der Waals surface area contributed by atoms with Crippen molar-refractivity contribution < 1.29 is 13.9 Å². The van der Waals surface area contributed by atoms with E-state index in [2.05, 4.69) is 22.2 Å². The van der Waals surface area contributed by atoms with Gasteiger partial charge in [0, 0.05) is 12.1 Å². The molecule has 1 aliphatic carbocycles. The number of amides is 1. The van der Waals surface area contributed by atoms with Crippen LogP contribution in [0.5, 0.6) is 5.75 Å². The number of hydrogen-bond acceptors (Lipinski definition) is 3. The normalized spacial score (nSPS) is 18.2. The van der Waals surface area contributed by atoms with Crippen LogP contribution in [0.4, 0.5) is 4.39 Å². The average Bonchev–Trinajstić information content (AvgIpc) is 3.22. The molecule has 4 rings (SSSR count). The lowest BCUT2D eigenvalue weighted by Gasteiger charge is -2.26. The van der Waals surface area contributed by atoms with Gasteiger partial charge in [0.25, 0.3) is 5.91 Å². The summed E-state index contributed by atoms with van der Waals surface area (Å²) >= 11 is 0. The molecule has 0 spiro atoms. The number of hydrogen-bond donors (Lipinski definition) is 2. The molecule has 1 fully saturated rings. The second-order valence-electron chi connectivity index (χ2n) is 8.33. The van der Waals surface area contributed by atoms with Crippen molar-refractivity contribution in [1.82, 2.24) is 15.3 Å². The van der Waals surface area contributed by atoms with E-state index in [1.165, 1.54) is 37.8 Å². The second kappa shape index (κ2) is 10.9. The van der Waals surface area contributed by atoms with E-state index in [9.17, 15) is 9.18 Å². The monoisotopic (exact) mass is 425 g/mol. The Bertz CT molecular complexity index is 1000. The molecule has 0 bridgehead atoms. The summed E-state index contributed by atoms with van der Waals surface area (Å²) in [6.07, 6.45) is 6.66. The minimum Gasteiger partial charge on any atom is -0.494 e. The van der Waals surface area contributed by atoms with Gasteiger partial charge in [0.1, 0.15) is 11.6 Å². The first-order valence-corrected chi connectivity index (χ1v) is 11.1. The first-order chi connectivity index (χ1) is 15.0. The lowest BCUT2D eigenvalue weighted by atomic mass is 9.82. The summed E-state index contributed by atoms with van der Waals surface area (Å²) in [5, 5.41) is 3.09. The van der Waals surface area contributed by atoms with Crippen molar-refractivity contribution in [2.45, 2.75) is 46.5 Å². The van der Waals surface area contributed by atoms with E-state index < -0.39 is 0 Å². The van der Waals surface area contributed by atoms with Crippen molar-refractivity contribution in [2.24, 2.45) is 11.8 Å². The van der Waals surface area contributed by atoms with Crippen LogP contribution in [-0.2, 0) is 0 Å². The Morgan fingerprint density at radius 1 is 1.26 bits per heavy atom. The van der Waals surface area contributed by atoms with E-state index in [4.69, 9.17) is 4.74 Å². The maximum absolute atomic E-state index is 12.5. The van der Waals surface area contributed by atoms with Gasteiger partial charge >= 0.3 is 0 Å². The molecule has 2 aromatic carbocycles. The fourth-order valence-electron chi connectivity index (χ4n) is 4.10. The van der Waals surface area contributed by atoms with Crippen molar-refractivity contribution in [3.05, 3.63) is 59.7 Å². The van der Waals surface area contributed by atoms with Gasteiger partial charge in [-0.05, 0) is 80.5 Å². The Hall–Kier alpha value is -2.89. The van der Waals surface area contributed by atoms with Crippen LogP contribution < -0.4 is 10.1 Å². The fraction of sp³-hybridized carbons (Fsp3) is 0.440. The highest BCUT2D eigenvalue weighted by Crippen LogP contribution is 2.28. The van der Waals surface area contributed by atoms with Crippen LogP contribution in [0.1, 0.15) is 55.5 Å². The van der Waals surface area contributed by atoms with Crippen molar-refractivity contribution >= 4 is 16.9 Å².